The highest BCUT2D eigenvalue weighted by atomic mass is 16.5. The van der Waals surface area contributed by atoms with Crippen molar-refractivity contribution in [1.82, 2.24) is 5.32 Å². The van der Waals surface area contributed by atoms with Crippen molar-refractivity contribution in [2.75, 3.05) is 13.7 Å². The molecule has 88 valence electrons. The van der Waals surface area contributed by atoms with E-state index in [1.54, 1.807) is 7.11 Å². The molecule has 0 amide bonds. The summed E-state index contributed by atoms with van der Waals surface area (Å²) in [6.07, 6.45) is 1.17. The normalized spacial score (nSPS) is 29.4. The van der Waals surface area contributed by atoms with Crippen LogP contribution in [0.3, 0.4) is 0 Å². The molecule has 2 unspecified atom stereocenters. The van der Waals surface area contributed by atoms with Crippen LogP contribution < -0.4 is 10.1 Å². The van der Waals surface area contributed by atoms with Gasteiger partial charge in [-0.05, 0) is 32.9 Å². The topological polar surface area (TPSA) is 21.3 Å². The van der Waals surface area contributed by atoms with E-state index in [9.17, 15) is 0 Å². The second kappa shape index (κ2) is 4.10. The summed E-state index contributed by atoms with van der Waals surface area (Å²) in [5.41, 5.74) is 2.83. The molecule has 2 nitrogen and oxygen atoms in total. The first-order chi connectivity index (χ1) is 7.58. The zero-order valence-electron chi connectivity index (χ0n) is 10.6. The molecule has 2 atom stereocenters. The lowest BCUT2D eigenvalue weighted by Crippen LogP contribution is -2.35. The van der Waals surface area contributed by atoms with Crippen LogP contribution in [0.25, 0.3) is 0 Å². The quantitative estimate of drug-likeness (QED) is 0.825. The Morgan fingerprint density at radius 2 is 2.19 bits per heavy atom. The lowest BCUT2D eigenvalue weighted by Gasteiger charge is -2.31. The number of rotatable bonds is 2. The molecule has 1 aromatic rings. The Balaban J connectivity index is 2.49. The van der Waals surface area contributed by atoms with Crippen molar-refractivity contribution in [1.29, 1.82) is 0 Å². The van der Waals surface area contributed by atoms with Crippen LogP contribution in [-0.4, -0.2) is 19.7 Å². The van der Waals surface area contributed by atoms with Gasteiger partial charge in [0.1, 0.15) is 5.75 Å². The van der Waals surface area contributed by atoms with Gasteiger partial charge in [0.05, 0.1) is 7.11 Å². The van der Waals surface area contributed by atoms with Gasteiger partial charge in [0.15, 0.2) is 0 Å². The predicted molar refractivity (Wildman–Crippen MR) is 67.2 cm³/mol. The molecule has 0 aliphatic carbocycles. The minimum atomic E-state index is 0.192. The molecule has 1 aliphatic heterocycles. The Hall–Kier alpha value is -1.02. The number of nitrogens with one attached hydrogen (secondary N) is 1. The Kier molecular flexibility index (Phi) is 2.94. The average Bonchev–Trinajstić information content (AvgIpc) is 2.60. The maximum atomic E-state index is 5.50. The molecule has 2 heteroatoms. The number of hydrogen-bond acceptors (Lipinski definition) is 2. The summed E-state index contributed by atoms with van der Waals surface area (Å²) < 4.78 is 5.50. The largest absolute Gasteiger partial charge is 0.496 e. The number of aryl methyl sites for hydroxylation is 1. The Morgan fingerprint density at radius 3 is 2.75 bits per heavy atom. The van der Waals surface area contributed by atoms with Crippen LogP contribution in [-0.2, 0) is 5.41 Å². The molecule has 0 bridgehead atoms. The SMILES string of the molecule is COc1ccc(C)cc1C1(C)CCNC1C. The van der Waals surface area contributed by atoms with E-state index < -0.39 is 0 Å². The first-order valence-electron chi connectivity index (χ1n) is 5.96. The van der Waals surface area contributed by atoms with E-state index in [1.807, 2.05) is 0 Å². The first-order valence-corrected chi connectivity index (χ1v) is 5.96. The molecule has 0 radical (unpaired) electrons. The maximum absolute atomic E-state index is 5.50. The third-order valence-electron chi connectivity index (χ3n) is 4.02. The molecule has 1 fully saturated rings. The van der Waals surface area contributed by atoms with Crippen LogP contribution in [0, 0.1) is 6.92 Å². The molecule has 1 saturated heterocycles. The van der Waals surface area contributed by atoms with Crippen molar-refractivity contribution in [3.8, 4) is 5.75 Å². The molecule has 16 heavy (non-hydrogen) atoms. The monoisotopic (exact) mass is 219 g/mol. The predicted octanol–water partition coefficient (Wildman–Crippen LogP) is 2.64. The molecule has 0 saturated carbocycles. The fraction of sp³-hybridized carbons (Fsp3) is 0.571. The van der Waals surface area contributed by atoms with Gasteiger partial charge in [0, 0.05) is 17.0 Å². The van der Waals surface area contributed by atoms with Gasteiger partial charge in [-0.2, -0.15) is 0 Å². The summed E-state index contributed by atoms with van der Waals surface area (Å²) in [5.74, 6) is 1.02. The zero-order valence-corrected chi connectivity index (χ0v) is 10.6. The number of ether oxygens (including phenoxy) is 1. The molecule has 1 N–H and O–H groups in total. The highest BCUT2D eigenvalue weighted by Crippen LogP contribution is 2.40. The van der Waals surface area contributed by atoms with Crippen LogP contribution in [0.4, 0.5) is 0 Å². The highest BCUT2D eigenvalue weighted by molar-refractivity contribution is 5.43. The molecular weight excluding hydrogens is 198 g/mol. The van der Waals surface area contributed by atoms with E-state index in [2.05, 4.69) is 44.3 Å². The minimum Gasteiger partial charge on any atom is -0.496 e. The van der Waals surface area contributed by atoms with E-state index in [1.165, 1.54) is 17.5 Å². The van der Waals surface area contributed by atoms with Crippen molar-refractivity contribution >= 4 is 0 Å². The summed E-state index contributed by atoms with van der Waals surface area (Å²) in [7, 11) is 1.75. The molecule has 0 spiro atoms. The second-order valence-corrected chi connectivity index (χ2v) is 5.05. The Morgan fingerprint density at radius 1 is 1.44 bits per heavy atom. The van der Waals surface area contributed by atoms with Crippen LogP contribution in [0.15, 0.2) is 18.2 Å². The highest BCUT2D eigenvalue weighted by Gasteiger charge is 2.39. The summed E-state index contributed by atoms with van der Waals surface area (Å²) in [5, 5.41) is 3.52. The lowest BCUT2D eigenvalue weighted by molar-refractivity contribution is 0.370. The Bertz CT molecular complexity index is 388. The van der Waals surface area contributed by atoms with Crippen LogP contribution >= 0.6 is 0 Å². The summed E-state index contributed by atoms with van der Waals surface area (Å²) in [4.78, 5) is 0. The average molecular weight is 219 g/mol. The fourth-order valence-electron chi connectivity index (χ4n) is 2.63. The number of hydrogen-bond donors (Lipinski definition) is 1. The third kappa shape index (κ3) is 1.71. The molecular formula is C14H21NO. The van der Waals surface area contributed by atoms with Crippen molar-refractivity contribution in [3.63, 3.8) is 0 Å². The lowest BCUT2D eigenvalue weighted by atomic mass is 9.76. The van der Waals surface area contributed by atoms with Gasteiger partial charge in [-0.15, -0.1) is 0 Å². The summed E-state index contributed by atoms with van der Waals surface area (Å²) in [6, 6.07) is 6.96. The van der Waals surface area contributed by atoms with Gasteiger partial charge >= 0.3 is 0 Å². The van der Waals surface area contributed by atoms with Crippen LogP contribution in [0.5, 0.6) is 5.75 Å². The van der Waals surface area contributed by atoms with Crippen molar-refractivity contribution in [2.45, 2.75) is 38.6 Å². The van der Waals surface area contributed by atoms with E-state index in [4.69, 9.17) is 4.74 Å². The maximum Gasteiger partial charge on any atom is 0.122 e. The number of benzene rings is 1. The van der Waals surface area contributed by atoms with Crippen LogP contribution in [0.2, 0.25) is 0 Å². The summed E-state index contributed by atoms with van der Waals surface area (Å²) >= 11 is 0. The standard InChI is InChI=1S/C14H21NO/c1-10-5-6-13(16-4)12(9-10)14(3)7-8-15-11(14)2/h5-6,9,11,15H,7-8H2,1-4H3. The third-order valence-corrected chi connectivity index (χ3v) is 4.02. The van der Waals surface area contributed by atoms with Gasteiger partial charge in [0.2, 0.25) is 0 Å². The molecule has 2 rings (SSSR count). The van der Waals surface area contributed by atoms with Gasteiger partial charge in [-0.3, -0.25) is 0 Å². The zero-order chi connectivity index (χ0) is 11.8. The molecule has 1 heterocycles. The smallest absolute Gasteiger partial charge is 0.122 e. The molecule has 0 aromatic heterocycles. The minimum absolute atomic E-state index is 0.192. The van der Waals surface area contributed by atoms with E-state index in [0.717, 1.165) is 12.3 Å². The van der Waals surface area contributed by atoms with E-state index >= 15 is 0 Å². The van der Waals surface area contributed by atoms with Gasteiger partial charge in [-0.1, -0.05) is 24.6 Å². The fourth-order valence-corrected chi connectivity index (χ4v) is 2.63. The van der Waals surface area contributed by atoms with Gasteiger partial charge in [-0.25, -0.2) is 0 Å². The number of methoxy groups -OCH3 is 1. The Labute approximate surface area is 98.0 Å². The van der Waals surface area contributed by atoms with Crippen molar-refractivity contribution in [3.05, 3.63) is 29.3 Å². The molecule has 1 aliphatic rings. The second-order valence-electron chi connectivity index (χ2n) is 5.05. The molecule has 1 aromatic carbocycles. The van der Waals surface area contributed by atoms with Gasteiger partial charge < -0.3 is 10.1 Å². The van der Waals surface area contributed by atoms with E-state index in [-0.39, 0.29) is 5.41 Å². The van der Waals surface area contributed by atoms with Gasteiger partial charge in [0.25, 0.3) is 0 Å². The first kappa shape index (κ1) is 11.5. The summed E-state index contributed by atoms with van der Waals surface area (Å²) in [6.45, 7) is 7.82. The van der Waals surface area contributed by atoms with Crippen molar-refractivity contribution < 1.29 is 4.74 Å². The van der Waals surface area contributed by atoms with Crippen molar-refractivity contribution in [2.24, 2.45) is 0 Å². The van der Waals surface area contributed by atoms with Crippen LogP contribution in [0.1, 0.15) is 31.4 Å². The van der Waals surface area contributed by atoms with E-state index in [0.29, 0.717) is 6.04 Å².